The molecule has 0 fully saturated rings. The second-order valence-electron chi connectivity index (χ2n) is 5.53. The highest BCUT2D eigenvalue weighted by atomic mass is 79.9. The number of hydrogen-bond donors (Lipinski definition) is 4. The summed E-state index contributed by atoms with van der Waals surface area (Å²) in [4.78, 5) is 34.3. The van der Waals surface area contributed by atoms with Gasteiger partial charge in [0.05, 0.1) is 0 Å². The molecule has 0 spiro atoms. The number of anilines is 2. The van der Waals surface area contributed by atoms with Crippen LogP contribution in [0.3, 0.4) is 0 Å². The Morgan fingerprint density at radius 2 is 1.74 bits per heavy atom. The van der Waals surface area contributed by atoms with Crippen molar-refractivity contribution < 1.29 is 23.9 Å². The van der Waals surface area contributed by atoms with Crippen LogP contribution in [0.25, 0.3) is 11.0 Å². The molecule has 3 amide bonds. The van der Waals surface area contributed by atoms with Crippen LogP contribution in [0, 0.1) is 0 Å². The number of nitrogens with one attached hydrogen (secondary N) is 3. The van der Waals surface area contributed by atoms with E-state index in [1.807, 2.05) is 12.1 Å². The molecule has 4 N–H and O–H groups in total. The molecule has 138 valence electrons. The van der Waals surface area contributed by atoms with Crippen molar-refractivity contribution in [3.63, 3.8) is 0 Å². The van der Waals surface area contributed by atoms with Crippen LogP contribution >= 0.6 is 15.9 Å². The molecule has 8 nitrogen and oxygen atoms in total. The Kier molecular flexibility index (Phi) is 5.41. The first kappa shape index (κ1) is 18.5. The van der Waals surface area contributed by atoms with E-state index < -0.39 is 24.5 Å². The summed E-state index contributed by atoms with van der Waals surface area (Å²) in [6, 6.07) is 12.7. The van der Waals surface area contributed by atoms with E-state index in [-0.39, 0.29) is 5.56 Å². The maximum atomic E-state index is 12.1. The average molecular weight is 432 g/mol. The van der Waals surface area contributed by atoms with Gasteiger partial charge in [0, 0.05) is 27.2 Å². The van der Waals surface area contributed by atoms with Crippen molar-refractivity contribution >= 4 is 56.4 Å². The molecular weight excluding hydrogens is 418 g/mol. The summed E-state index contributed by atoms with van der Waals surface area (Å²) in [5.41, 5.74) is 1.39. The summed E-state index contributed by atoms with van der Waals surface area (Å²) in [7, 11) is 0. The third-order valence-corrected chi connectivity index (χ3v) is 4.01. The molecule has 3 rings (SSSR count). The van der Waals surface area contributed by atoms with Crippen molar-refractivity contribution in [1.82, 2.24) is 5.32 Å². The molecule has 27 heavy (non-hydrogen) atoms. The van der Waals surface area contributed by atoms with Crippen LogP contribution in [-0.2, 0) is 4.79 Å². The van der Waals surface area contributed by atoms with Gasteiger partial charge in [-0.05, 0) is 42.5 Å². The lowest BCUT2D eigenvalue weighted by Crippen LogP contribution is -2.29. The standard InChI is InChI=1S/C18H14BrN3O5/c19-12-3-6-14-11(7-12)8-15(27-14)22-18(26)21-13-4-1-10(2-5-13)17(25)20-9-16(23)24/h1-8H,9H2,(H,20,25)(H,23,24)(H2,21,22,26). The summed E-state index contributed by atoms with van der Waals surface area (Å²) in [5.74, 6) is -1.34. The molecule has 0 saturated carbocycles. The molecule has 0 bridgehead atoms. The first-order chi connectivity index (χ1) is 12.9. The van der Waals surface area contributed by atoms with Crippen LogP contribution in [0.2, 0.25) is 0 Å². The molecule has 0 unspecified atom stereocenters. The fraction of sp³-hybridized carbons (Fsp3) is 0.0556. The van der Waals surface area contributed by atoms with E-state index in [2.05, 4.69) is 31.9 Å². The van der Waals surface area contributed by atoms with Crippen molar-refractivity contribution in [2.45, 2.75) is 0 Å². The number of halogens is 1. The van der Waals surface area contributed by atoms with Gasteiger partial charge >= 0.3 is 12.0 Å². The number of urea groups is 1. The Morgan fingerprint density at radius 1 is 1.00 bits per heavy atom. The molecule has 0 saturated heterocycles. The zero-order chi connectivity index (χ0) is 19.4. The number of fused-ring (bicyclic) bond motifs is 1. The third-order valence-electron chi connectivity index (χ3n) is 3.52. The summed E-state index contributed by atoms with van der Waals surface area (Å²) >= 11 is 3.37. The van der Waals surface area contributed by atoms with Crippen LogP contribution < -0.4 is 16.0 Å². The molecule has 2 aromatic carbocycles. The predicted octanol–water partition coefficient (Wildman–Crippen LogP) is 3.65. The highest BCUT2D eigenvalue weighted by Gasteiger charge is 2.10. The summed E-state index contributed by atoms with van der Waals surface area (Å²) in [6.07, 6.45) is 0. The van der Waals surface area contributed by atoms with Gasteiger partial charge in [0.25, 0.3) is 5.91 Å². The van der Waals surface area contributed by atoms with Crippen LogP contribution in [0.4, 0.5) is 16.4 Å². The van der Waals surface area contributed by atoms with E-state index in [4.69, 9.17) is 9.52 Å². The summed E-state index contributed by atoms with van der Waals surface area (Å²) in [6.45, 7) is -0.463. The molecule has 0 aliphatic heterocycles. The van der Waals surface area contributed by atoms with Gasteiger partial charge < -0.3 is 20.2 Å². The number of aliphatic carboxylic acids is 1. The Hall–Kier alpha value is -3.33. The molecule has 1 aromatic heterocycles. The topological polar surface area (TPSA) is 121 Å². The lowest BCUT2D eigenvalue weighted by molar-refractivity contribution is -0.135. The van der Waals surface area contributed by atoms with Crippen molar-refractivity contribution in [2.24, 2.45) is 0 Å². The van der Waals surface area contributed by atoms with Crippen molar-refractivity contribution in [1.29, 1.82) is 0 Å². The van der Waals surface area contributed by atoms with Gasteiger partial charge in [0.15, 0.2) is 0 Å². The first-order valence-electron chi connectivity index (χ1n) is 7.78. The van der Waals surface area contributed by atoms with Crippen LogP contribution in [-0.4, -0.2) is 29.6 Å². The first-order valence-corrected chi connectivity index (χ1v) is 8.57. The van der Waals surface area contributed by atoms with Gasteiger partial charge in [0.2, 0.25) is 5.88 Å². The number of furan rings is 1. The number of carboxylic acid groups (broad SMARTS) is 1. The number of rotatable bonds is 5. The van der Waals surface area contributed by atoms with Gasteiger partial charge in [-0.1, -0.05) is 15.9 Å². The Bertz CT molecular complexity index is 1010. The minimum atomic E-state index is -1.13. The zero-order valence-corrected chi connectivity index (χ0v) is 15.4. The Labute approximate surface area is 161 Å². The second kappa shape index (κ2) is 7.92. The summed E-state index contributed by atoms with van der Waals surface area (Å²) < 4.78 is 6.44. The van der Waals surface area contributed by atoms with Gasteiger partial charge in [-0.2, -0.15) is 0 Å². The lowest BCUT2D eigenvalue weighted by Gasteiger charge is -2.07. The van der Waals surface area contributed by atoms with Gasteiger partial charge in [-0.15, -0.1) is 0 Å². The molecule has 0 aliphatic rings. The number of benzene rings is 2. The van der Waals surface area contributed by atoms with Crippen molar-refractivity contribution in [3.8, 4) is 0 Å². The molecular formula is C18H14BrN3O5. The third kappa shape index (κ3) is 4.85. The highest BCUT2D eigenvalue weighted by Crippen LogP contribution is 2.26. The quantitative estimate of drug-likeness (QED) is 0.491. The van der Waals surface area contributed by atoms with E-state index in [1.165, 1.54) is 24.3 Å². The normalized spacial score (nSPS) is 10.4. The van der Waals surface area contributed by atoms with Gasteiger partial charge in [0.1, 0.15) is 12.1 Å². The van der Waals surface area contributed by atoms with Crippen LogP contribution in [0.5, 0.6) is 0 Å². The van der Waals surface area contributed by atoms with E-state index >= 15 is 0 Å². The zero-order valence-electron chi connectivity index (χ0n) is 13.8. The maximum absolute atomic E-state index is 12.1. The maximum Gasteiger partial charge on any atom is 0.326 e. The van der Waals surface area contributed by atoms with Crippen molar-refractivity contribution in [3.05, 3.63) is 58.6 Å². The molecule has 0 radical (unpaired) electrons. The van der Waals surface area contributed by atoms with Crippen LogP contribution in [0.1, 0.15) is 10.4 Å². The fourth-order valence-electron chi connectivity index (χ4n) is 2.31. The van der Waals surface area contributed by atoms with Gasteiger partial charge in [-0.25, -0.2) is 4.79 Å². The molecule has 0 aliphatic carbocycles. The smallest absolute Gasteiger partial charge is 0.326 e. The number of carbonyl (C=O) groups excluding carboxylic acids is 2. The fourth-order valence-corrected chi connectivity index (χ4v) is 2.69. The number of amides is 3. The average Bonchev–Trinajstić information content (AvgIpc) is 3.01. The minimum Gasteiger partial charge on any atom is -0.480 e. The number of carbonyl (C=O) groups is 3. The Balaban J connectivity index is 1.60. The number of carboxylic acids is 1. The van der Waals surface area contributed by atoms with E-state index in [0.717, 1.165) is 9.86 Å². The molecule has 9 heteroatoms. The lowest BCUT2D eigenvalue weighted by atomic mass is 10.2. The largest absolute Gasteiger partial charge is 0.480 e. The Morgan fingerprint density at radius 3 is 2.44 bits per heavy atom. The monoisotopic (exact) mass is 431 g/mol. The molecule has 1 heterocycles. The number of hydrogen-bond acceptors (Lipinski definition) is 4. The van der Waals surface area contributed by atoms with E-state index in [9.17, 15) is 14.4 Å². The molecule has 3 aromatic rings. The molecule has 0 atom stereocenters. The van der Waals surface area contributed by atoms with Gasteiger partial charge in [-0.3, -0.25) is 14.9 Å². The second-order valence-corrected chi connectivity index (χ2v) is 6.44. The summed E-state index contributed by atoms with van der Waals surface area (Å²) in [5, 5.41) is 16.9. The van der Waals surface area contributed by atoms with E-state index in [1.54, 1.807) is 12.1 Å². The SMILES string of the molecule is O=C(O)CNC(=O)c1ccc(NC(=O)Nc2cc3cc(Br)ccc3o2)cc1. The van der Waals surface area contributed by atoms with E-state index in [0.29, 0.717) is 17.2 Å². The van der Waals surface area contributed by atoms with Crippen molar-refractivity contribution in [2.75, 3.05) is 17.2 Å². The minimum absolute atomic E-state index is 0.282. The predicted molar refractivity (Wildman–Crippen MR) is 103 cm³/mol. The van der Waals surface area contributed by atoms with Crippen LogP contribution in [0.15, 0.2) is 57.4 Å². The highest BCUT2D eigenvalue weighted by molar-refractivity contribution is 9.10.